The van der Waals surface area contributed by atoms with Gasteiger partial charge in [-0.25, -0.2) is 0 Å². The lowest BCUT2D eigenvalue weighted by Gasteiger charge is -2.27. The van der Waals surface area contributed by atoms with E-state index in [1.807, 2.05) is 0 Å². The van der Waals surface area contributed by atoms with Gasteiger partial charge in [0.1, 0.15) is 0 Å². The average molecular weight is 346 g/mol. The first kappa shape index (κ1) is 19.0. The van der Waals surface area contributed by atoms with Gasteiger partial charge in [-0.05, 0) is 37.1 Å². The van der Waals surface area contributed by atoms with Crippen LogP contribution in [0.5, 0.6) is 0 Å². The second-order valence-electron chi connectivity index (χ2n) is 6.85. The van der Waals surface area contributed by atoms with E-state index in [0.717, 1.165) is 31.4 Å². The number of carbonyl (C=O) groups excluding carboxylic acids is 2. The number of rotatable bonds is 5. The van der Waals surface area contributed by atoms with Crippen molar-refractivity contribution in [2.75, 3.05) is 17.3 Å². The molecule has 1 aromatic carbocycles. The smallest absolute Gasteiger partial charge is 0.310 e. The van der Waals surface area contributed by atoms with E-state index in [4.69, 9.17) is 0 Å². The van der Waals surface area contributed by atoms with Crippen molar-refractivity contribution in [2.24, 2.45) is 5.41 Å². The van der Waals surface area contributed by atoms with Crippen molar-refractivity contribution < 1.29 is 19.5 Å². The van der Waals surface area contributed by atoms with Gasteiger partial charge in [-0.1, -0.05) is 25.7 Å². The predicted octanol–water partition coefficient (Wildman–Crippen LogP) is 3.42. The van der Waals surface area contributed by atoms with Crippen molar-refractivity contribution in [1.29, 1.82) is 0 Å². The summed E-state index contributed by atoms with van der Waals surface area (Å²) in [6, 6.07) is 6.92. The van der Waals surface area contributed by atoms with Gasteiger partial charge in [-0.3, -0.25) is 14.4 Å². The Morgan fingerprint density at radius 2 is 1.64 bits per heavy atom. The first-order chi connectivity index (χ1) is 11.8. The van der Waals surface area contributed by atoms with Crippen LogP contribution in [-0.2, 0) is 14.4 Å². The first-order valence-corrected chi connectivity index (χ1v) is 8.72. The number of hydrogen-bond donors (Lipinski definition) is 2. The van der Waals surface area contributed by atoms with E-state index >= 15 is 0 Å². The minimum atomic E-state index is -0.949. The van der Waals surface area contributed by atoms with Crippen LogP contribution in [-0.4, -0.2) is 29.9 Å². The van der Waals surface area contributed by atoms with Crippen LogP contribution in [0.4, 0.5) is 11.4 Å². The van der Waals surface area contributed by atoms with Crippen molar-refractivity contribution in [3.05, 3.63) is 24.3 Å². The molecule has 0 saturated heterocycles. The molecular formula is C19H26N2O4. The molecule has 2 rings (SSSR count). The van der Waals surface area contributed by atoms with E-state index in [1.165, 1.54) is 11.8 Å². The molecule has 0 unspecified atom stereocenters. The highest BCUT2D eigenvalue weighted by molar-refractivity contribution is 5.95. The Hall–Kier alpha value is -2.37. The normalized spacial score (nSPS) is 16.6. The summed E-state index contributed by atoms with van der Waals surface area (Å²) >= 11 is 0. The number of amides is 2. The summed E-state index contributed by atoms with van der Waals surface area (Å²) in [5.41, 5.74) is 0.381. The second-order valence-corrected chi connectivity index (χ2v) is 6.85. The third-order valence-corrected chi connectivity index (χ3v) is 5.02. The van der Waals surface area contributed by atoms with Gasteiger partial charge < -0.3 is 15.3 Å². The summed E-state index contributed by atoms with van der Waals surface area (Å²) in [6.07, 6.45) is 4.87. The maximum Gasteiger partial charge on any atom is 0.310 e. The van der Waals surface area contributed by atoms with E-state index in [2.05, 4.69) is 5.32 Å². The molecular weight excluding hydrogens is 320 g/mol. The fourth-order valence-corrected chi connectivity index (χ4v) is 3.33. The molecule has 0 aliphatic heterocycles. The Balaban J connectivity index is 2.03. The average Bonchev–Trinajstić information content (AvgIpc) is 2.81. The van der Waals surface area contributed by atoms with Crippen LogP contribution in [0.1, 0.15) is 51.9 Å². The SMILES string of the molecule is CC(=O)N(C)c1ccc(NC(=O)CC2(C(=O)O)CCCCCC2)cc1. The zero-order chi connectivity index (χ0) is 18.4. The molecule has 1 aliphatic rings. The van der Waals surface area contributed by atoms with Crippen molar-refractivity contribution in [1.82, 2.24) is 0 Å². The van der Waals surface area contributed by atoms with Crippen LogP contribution in [0.3, 0.4) is 0 Å². The first-order valence-electron chi connectivity index (χ1n) is 8.72. The Labute approximate surface area is 148 Å². The number of nitrogens with one attached hydrogen (secondary N) is 1. The van der Waals surface area contributed by atoms with Gasteiger partial charge in [0.05, 0.1) is 5.41 Å². The van der Waals surface area contributed by atoms with Crippen molar-refractivity contribution >= 4 is 29.2 Å². The lowest BCUT2D eigenvalue weighted by Crippen LogP contribution is -2.35. The van der Waals surface area contributed by atoms with Crippen LogP contribution < -0.4 is 10.2 Å². The molecule has 1 aliphatic carbocycles. The minimum Gasteiger partial charge on any atom is -0.481 e. The third-order valence-electron chi connectivity index (χ3n) is 5.02. The van der Waals surface area contributed by atoms with Crippen molar-refractivity contribution in [2.45, 2.75) is 51.9 Å². The second kappa shape index (κ2) is 8.14. The molecule has 0 atom stereocenters. The van der Waals surface area contributed by atoms with Gasteiger partial charge >= 0.3 is 5.97 Å². The van der Waals surface area contributed by atoms with Gasteiger partial charge in [0.25, 0.3) is 0 Å². The monoisotopic (exact) mass is 346 g/mol. The van der Waals surface area contributed by atoms with Crippen LogP contribution >= 0.6 is 0 Å². The quantitative estimate of drug-likeness (QED) is 0.800. The molecule has 25 heavy (non-hydrogen) atoms. The molecule has 2 N–H and O–H groups in total. The molecule has 1 saturated carbocycles. The summed E-state index contributed by atoms with van der Waals surface area (Å²) in [5.74, 6) is -1.23. The molecule has 6 heteroatoms. The number of benzene rings is 1. The highest BCUT2D eigenvalue weighted by Gasteiger charge is 2.40. The predicted molar refractivity (Wildman–Crippen MR) is 96.5 cm³/mol. The maximum atomic E-state index is 12.4. The number of aliphatic carboxylic acids is 1. The third kappa shape index (κ3) is 4.81. The molecule has 0 radical (unpaired) electrons. The Morgan fingerprint density at radius 1 is 1.08 bits per heavy atom. The molecule has 2 amide bonds. The number of anilines is 2. The molecule has 0 aromatic heterocycles. The Morgan fingerprint density at radius 3 is 2.12 bits per heavy atom. The molecule has 1 aromatic rings. The largest absolute Gasteiger partial charge is 0.481 e. The van der Waals surface area contributed by atoms with Gasteiger partial charge in [0.15, 0.2) is 0 Å². The van der Waals surface area contributed by atoms with Crippen LogP contribution in [0.2, 0.25) is 0 Å². The van der Waals surface area contributed by atoms with Gasteiger partial charge in [0.2, 0.25) is 11.8 Å². The van der Waals surface area contributed by atoms with Crippen molar-refractivity contribution in [3.63, 3.8) is 0 Å². The lowest BCUT2D eigenvalue weighted by molar-refractivity contribution is -0.152. The van der Waals surface area contributed by atoms with Crippen LogP contribution in [0.25, 0.3) is 0 Å². The fourth-order valence-electron chi connectivity index (χ4n) is 3.33. The highest BCUT2D eigenvalue weighted by atomic mass is 16.4. The van der Waals surface area contributed by atoms with E-state index in [-0.39, 0.29) is 18.2 Å². The summed E-state index contributed by atoms with van der Waals surface area (Å²) in [5, 5.41) is 12.4. The van der Waals surface area contributed by atoms with E-state index in [9.17, 15) is 19.5 Å². The molecule has 1 fully saturated rings. The topological polar surface area (TPSA) is 86.7 Å². The highest BCUT2D eigenvalue weighted by Crippen LogP contribution is 2.38. The summed E-state index contributed by atoms with van der Waals surface area (Å²) in [7, 11) is 1.68. The lowest BCUT2D eigenvalue weighted by atomic mass is 9.77. The summed E-state index contributed by atoms with van der Waals surface area (Å²) < 4.78 is 0. The number of carboxylic acids is 1. The number of nitrogens with zero attached hydrogens (tertiary/aromatic N) is 1. The molecule has 6 nitrogen and oxygen atoms in total. The number of hydrogen-bond acceptors (Lipinski definition) is 3. The summed E-state index contributed by atoms with van der Waals surface area (Å²) in [6.45, 7) is 1.48. The van der Waals surface area contributed by atoms with Gasteiger partial charge in [-0.2, -0.15) is 0 Å². The molecule has 136 valence electrons. The number of carbonyl (C=O) groups is 3. The Bertz CT molecular complexity index is 631. The maximum absolute atomic E-state index is 12.4. The van der Waals surface area contributed by atoms with Crippen LogP contribution in [0, 0.1) is 5.41 Å². The van der Waals surface area contributed by atoms with E-state index < -0.39 is 11.4 Å². The zero-order valence-electron chi connectivity index (χ0n) is 14.9. The molecule has 0 bridgehead atoms. The number of carboxylic acid groups (broad SMARTS) is 1. The van der Waals surface area contributed by atoms with E-state index in [0.29, 0.717) is 18.5 Å². The fraction of sp³-hybridized carbons (Fsp3) is 0.526. The zero-order valence-corrected chi connectivity index (χ0v) is 14.9. The molecule has 0 spiro atoms. The van der Waals surface area contributed by atoms with Crippen molar-refractivity contribution in [3.8, 4) is 0 Å². The molecule has 0 heterocycles. The van der Waals surface area contributed by atoms with Gasteiger partial charge in [0, 0.05) is 31.8 Å². The van der Waals surface area contributed by atoms with Gasteiger partial charge in [-0.15, -0.1) is 0 Å². The Kier molecular flexibility index (Phi) is 6.17. The minimum absolute atomic E-state index is 0.00255. The van der Waals surface area contributed by atoms with Crippen LogP contribution in [0.15, 0.2) is 24.3 Å². The standard InChI is InChI=1S/C19H26N2O4/c1-14(22)21(2)16-9-7-15(8-10-16)20-17(23)13-19(18(24)25)11-5-3-4-6-12-19/h7-10H,3-6,11-13H2,1-2H3,(H,20,23)(H,24,25). The van der Waals surface area contributed by atoms with E-state index in [1.54, 1.807) is 31.3 Å². The summed E-state index contributed by atoms with van der Waals surface area (Å²) in [4.78, 5) is 37.0.